The zero-order chi connectivity index (χ0) is 25.5. The summed E-state index contributed by atoms with van der Waals surface area (Å²) < 4.78 is 77.5. The SMILES string of the molecule is COc1cc(Cc2nc(C)cc(Oc3ccc(S(F)(F)(F)(F)F)cc3)n2)ccc1-n1cnc(C)c1. The molecule has 0 saturated carbocycles. The third-order valence-corrected chi connectivity index (χ3v) is 6.13. The normalized spacial score (nSPS) is 13.7. The number of ether oxygens (including phenoxy) is 2. The van der Waals surface area contributed by atoms with Crippen molar-refractivity contribution in [3.05, 3.63) is 83.8 Å². The average molecular weight is 513 g/mol. The minimum atomic E-state index is -9.75. The molecule has 0 aliphatic heterocycles. The standard InChI is InChI=1S/C23H21F5N4O2S/c1-15-10-23(34-18-5-7-19(8-6-18)35(24,25,26,27)28)31-22(30-15)12-17-4-9-20(21(11-17)33-3)32-13-16(2)29-14-32/h4-11,13-14H,12H2,1-3H3. The fourth-order valence-electron chi connectivity index (χ4n) is 3.40. The molecular weight excluding hydrogens is 491 g/mol. The molecule has 0 aliphatic carbocycles. The van der Waals surface area contributed by atoms with E-state index >= 15 is 0 Å². The number of hydrogen-bond donors (Lipinski definition) is 0. The van der Waals surface area contributed by atoms with E-state index in [0.29, 0.717) is 35.8 Å². The van der Waals surface area contributed by atoms with Crippen molar-refractivity contribution in [3.63, 3.8) is 0 Å². The van der Waals surface area contributed by atoms with Crippen LogP contribution in [0, 0.1) is 13.8 Å². The molecule has 0 bridgehead atoms. The molecule has 2 heterocycles. The lowest BCUT2D eigenvalue weighted by Gasteiger charge is -2.40. The van der Waals surface area contributed by atoms with Gasteiger partial charge >= 0.3 is 10.2 Å². The van der Waals surface area contributed by atoms with Crippen LogP contribution in [-0.4, -0.2) is 26.6 Å². The molecule has 2 aromatic heterocycles. The average Bonchev–Trinajstić information content (AvgIpc) is 3.18. The monoisotopic (exact) mass is 512 g/mol. The summed E-state index contributed by atoms with van der Waals surface area (Å²) in [5.74, 6) is 1.02. The van der Waals surface area contributed by atoms with Gasteiger partial charge in [0, 0.05) is 24.4 Å². The van der Waals surface area contributed by atoms with E-state index in [4.69, 9.17) is 9.47 Å². The number of benzene rings is 2. The first-order valence-corrected chi connectivity index (χ1v) is 12.2. The van der Waals surface area contributed by atoms with Crippen LogP contribution in [0.4, 0.5) is 19.4 Å². The predicted molar refractivity (Wildman–Crippen MR) is 122 cm³/mol. The summed E-state index contributed by atoms with van der Waals surface area (Å²) in [5, 5.41) is 0. The maximum absolute atomic E-state index is 12.9. The molecule has 0 fully saturated rings. The Morgan fingerprint density at radius 1 is 0.886 bits per heavy atom. The third kappa shape index (κ3) is 5.88. The van der Waals surface area contributed by atoms with E-state index in [1.54, 1.807) is 20.4 Å². The van der Waals surface area contributed by atoms with Crippen molar-refractivity contribution in [3.8, 4) is 23.1 Å². The number of rotatable bonds is 7. The molecule has 0 spiro atoms. The first kappa shape index (κ1) is 24.5. The summed E-state index contributed by atoms with van der Waals surface area (Å²) in [6, 6.07) is 9.34. The molecule has 0 aliphatic rings. The van der Waals surface area contributed by atoms with Crippen LogP contribution in [0.3, 0.4) is 0 Å². The van der Waals surface area contributed by atoms with Crippen molar-refractivity contribution >= 4 is 10.2 Å². The number of hydrogen-bond acceptors (Lipinski definition) is 5. The van der Waals surface area contributed by atoms with E-state index in [1.165, 1.54) is 6.07 Å². The van der Waals surface area contributed by atoms with E-state index < -0.39 is 15.1 Å². The highest BCUT2D eigenvalue weighted by Crippen LogP contribution is 3.02. The Balaban J connectivity index is 1.55. The van der Waals surface area contributed by atoms with Crippen molar-refractivity contribution < 1.29 is 28.9 Å². The van der Waals surface area contributed by atoms with Crippen molar-refractivity contribution in [1.29, 1.82) is 0 Å². The Hall–Kier alpha value is -3.67. The third-order valence-electron chi connectivity index (χ3n) is 4.96. The maximum atomic E-state index is 12.9. The Kier molecular flexibility index (Phi) is 5.55. The van der Waals surface area contributed by atoms with Crippen LogP contribution in [0.15, 0.2) is 66.0 Å². The van der Waals surface area contributed by atoms with Crippen LogP contribution in [-0.2, 0) is 6.42 Å². The van der Waals surface area contributed by atoms with E-state index in [2.05, 4.69) is 15.0 Å². The molecule has 4 rings (SSSR count). The van der Waals surface area contributed by atoms with Crippen molar-refractivity contribution in [2.24, 2.45) is 0 Å². The summed E-state index contributed by atoms with van der Waals surface area (Å²) in [6.07, 6.45) is 3.87. The smallest absolute Gasteiger partial charge is 0.310 e. The molecule has 186 valence electrons. The number of aromatic nitrogens is 4. The van der Waals surface area contributed by atoms with Crippen LogP contribution in [0.5, 0.6) is 17.4 Å². The van der Waals surface area contributed by atoms with E-state index in [0.717, 1.165) is 29.1 Å². The summed E-state index contributed by atoms with van der Waals surface area (Å²) in [5.41, 5.74) is 3.08. The lowest BCUT2D eigenvalue weighted by molar-refractivity contribution is 0.363. The van der Waals surface area contributed by atoms with Gasteiger partial charge in [0.25, 0.3) is 0 Å². The lowest BCUT2D eigenvalue weighted by atomic mass is 10.1. The van der Waals surface area contributed by atoms with Gasteiger partial charge in [-0.3, -0.25) is 0 Å². The summed E-state index contributed by atoms with van der Waals surface area (Å²) >= 11 is 0. The largest absolute Gasteiger partial charge is 0.495 e. The van der Waals surface area contributed by atoms with Crippen molar-refractivity contribution in [2.75, 3.05) is 7.11 Å². The van der Waals surface area contributed by atoms with Gasteiger partial charge in [0.1, 0.15) is 22.2 Å². The number of methoxy groups -OCH3 is 1. The summed E-state index contributed by atoms with van der Waals surface area (Å²) in [6.45, 7) is 3.59. The van der Waals surface area contributed by atoms with Gasteiger partial charge in [-0.05, 0) is 55.8 Å². The van der Waals surface area contributed by atoms with Gasteiger partial charge in [-0.15, -0.1) is 0 Å². The molecule has 12 heteroatoms. The maximum Gasteiger partial charge on any atom is 0.310 e. The van der Waals surface area contributed by atoms with Gasteiger partial charge in [0.05, 0.1) is 24.8 Å². The minimum Gasteiger partial charge on any atom is -0.495 e. The molecule has 35 heavy (non-hydrogen) atoms. The van der Waals surface area contributed by atoms with E-state index in [9.17, 15) is 19.4 Å². The van der Waals surface area contributed by atoms with Gasteiger partial charge in [0.2, 0.25) is 5.88 Å². The highest BCUT2D eigenvalue weighted by Gasteiger charge is 2.65. The zero-order valence-electron chi connectivity index (χ0n) is 18.9. The second-order valence-corrected chi connectivity index (χ2v) is 10.3. The van der Waals surface area contributed by atoms with Crippen molar-refractivity contribution in [1.82, 2.24) is 19.5 Å². The minimum absolute atomic E-state index is 0.0682. The molecule has 0 N–H and O–H groups in total. The molecule has 0 atom stereocenters. The second kappa shape index (κ2) is 7.94. The first-order valence-electron chi connectivity index (χ1n) is 10.2. The first-order chi connectivity index (χ1) is 16.2. The van der Waals surface area contributed by atoms with E-state index in [-0.39, 0.29) is 11.6 Å². The molecule has 0 amide bonds. The molecule has 0 unspecified atom stereocenters. The quantitative estimate of drug-likeness (QED) is 0.243. The number of nitrogens with zero attached hydrogens (tertiary/aromatic N) is 4. The Bertz CT molecular complexity index is 1390. The lowest BCUT2D eigenvalue weighted by Crippen LogP contribution is -2.05. The van der Waals surface area contributed by atoms with Gasteiger partial charge in [-0.2, -0.15) is 4.98 Å². The highest BCUT2D eigenvalue weighted by molar-refractivity contribution is 8.45. The molecule has 2 aromatic carbocycles. The Morgan fingerprint density at radius 3 is 2.20 bits per heavy atom. The summed E-state index contributed by atoms with van der Waals surface area (Å²) in [4.78, 5) is 10.9. The predicted octanol–water partition coefficient (Wildman–Crippen LogP) is 7.33. The Labute approximate surface area is 198 Å². The fourth-order valence-corrected chi connectivity index (χ4v) is 4.05. The zero-order valence-corrected chi connectivity index (χ0v) is 19.7. The molecule has 4 aromatic rings. The second-order valence-electron chi connectivity index (χ2n) is 7.91. The van der Waals surface area contributed by atoms with Crippen LogP contribution in [0.25, 0.3) is 5.69 Å². The van der Waals surface area contributed by atoms with Crippen LogP contribution >= 0.6 is 10.2 Å². The number of aryl methyl sites for hydroxylation is 2. The summed E-state index contributed by atoms with van der Waals surface area (Å²) in [7, 11) is -8.19. The van der Waals surface area contributed by atoms with Gasteiger partial charge in [0.15, 0.2) is 0 Å². The van der Waals surface area contributed by atoms with Gasteiger partial charge < -0.3 is 14.0 Å². The molecular formula is C23H21F5N4O2S. The topological polar surface area (TPSA) is 62.1 Å². The number of halogens is 5. The Morgan fingerprint density at radius 2 is 1.60 bits per heavy atom. The molecule has 0 radical (unpaired) electrons. The van der Waals surface area contributed by atoms with Crippen LogP contribution in [0.2, 0.25) is 0 Å². The van der Waals surface area contributed by atoms with E-state index in [1.807, 2.05) is 35.9 Å². The van der Waals surface area contributed by atoms with Crippen molar-refractivity contribution in [2.45, 2.75) is 25.2 Å². The van der Waals surface area contributed by atoms with Gasteiger partial charge in [-0.25, -0.2) is 9.97 Å². The number of imidazole rings is 1. The van der Waals surface area contributed by atoms with Gasteiger partial charge in [-0.1, -0.05) is 25.5 Å². The van der Waals surface area contributed by atoms with Crippen LogP contribution < -0.4 is 9.47 Å². The molecule has 6 nitrogen and oxygen atoms in total. The highest BCUT2D eigenvalue weighted by atomic mass is 32.5. The molecule has 0 saturated heterocycles. The van der Waals surface area contributed by atoms with Crippen LogP contribution in [0.1, 0.15) is 22.8 Å². The fraction of sp³-hybridized carbons (Fsp3) is 0.174.